The Kier molecular flexibility index (Phi) is 4.39. The number of nitrogens with zero attached hydrogens (tertiary/aromatic N) is 5. The summed E-state index contributed by atoms with van der Waals surface area (Å²) in [5.41, 5.74) is 1.93. The first-order chi connectivity index (χ1) is 12.6. The summed E-state index contributed by atoms with van der Waals surface area (Å²) < 4.78 is 2.00. The molecule has 1 fully saturated rings. The van der Waals surface area contributed by atoms with E-state index < -0.39 is 4.92 Å². The summed E-state index contributed by atoms with van der Waals surface area (Å²) in [7, 11) is 0. The smallest absolute Gasteiger partial charge is 0.324 e. The number of carbonyl (C=O) groups is 1. The predicted octanol–water partition coefficient (Wildman–Crippen LogP) is 2.26. The van der Waals surface area contributed by atoms with E-state index in [1.165, 1.54) is 12.1 Å². The van der Waals surface area contributed by atoms with E-state index >= 15 is 0 Å². The molecule has 0 atom stereocenters. The molecule has 1 saturated heterocycles. The second kappa shape index (κ2) is 6.85. The van der Waals surface area contributed by atoms with Crippen molar-refractivity contribution < 1.29 is 9.72 Å². The molecule has 0 spiro atoms. The van der Waals surface area contributed by atoms with Crippen molar-refractivity contribution in [3.05, 3.63) is 63.4 Å². The van der Waals surface area contributed by atoms with E-state index in [1.54, 1.807) is 4.90 Å². The zero-order valence-electron chi connectivity index (χ0n) is 13.9. The zero-order chi connectivity index (χ0) is 18.1. The van der Waals surface area contributed by atoms with Gasteiger partial charge in [0.1, 0.15) is 5.65 Å². The van der Waals surface area contributed by atoms with Gasteiger partial charge >= 0.3 is 5.00 Å². The van der Waals surface area contributed by atoms with Gasteiger partial charge in [0, 0.05) is 51.2 Å². The fraction of sp³-hybridized carbons (Fsp3) is 0.294. The van der Waals surface area contributed by atoms with Crippen LogP contribution in [0.3, 0.4) is 0 Å². The Bertz CT molecular complexity index is 925. The third-order valence-electron chi connectivity index (χ3n) is 4.44. The van der Waals surface area contributed by atoms with Crippen molar-refractivity contribution >= 4 is 27.9 Å². The number of amides is 1. The van der Waals surface area contributed by atoms with Crippen molar-refractivity contribution in [1.82, 2.24) is 19.2 Å². The first-order valence-electron chi connectivity index (χ1n) is 8.28. The highest BCUT2D eigenvalue weighted by Gasteiger charge is 2.25. The molecular formula is C17H17N5O3S. The summed E-state index contributed by atoms with van der Waals surface area (Å²) in [5, 5.41) is 10.8. The molecule has 9 heteroatoms. The molecule has 3 aromatic rings. The maximum atomic E-state index is 12.5. The van der Waals surface area contributed by atoms with E-state index in [0.29, 0.717) is 18.0 Å². The largest absolute Gasteiger partial charge is 0.335 e. The van der Waals surface area contributed by atoms with Crippen LogP contribution in [-0.4, -0.2) is 56.2 Å². The molecule has 0 N–H and O–H groups in total. The van der Waals surface area contributed by atoms with Crippen LogP contribution in [0.25, 0.3) is 5.65 Å². The van der Waals surface area contributed by atoms with Crippen LogP contribution in [-0.2, 0) is 6.54 Å². The number of imidazole rings is 1. The lowest BCUT2D eigenvalue weighted by Gasteiger charge is -2.34. The van der Waals surface area contributed by atoms with Crippen LogP contribution in [0.4, 0.5) is 5.00 Å². The molecule has 1 amide bonds. The lowest BCUT2D eigenvalue weighted by molar-refractivity contribution is -0.380. The minimum absolute atomic E-state index is 0.00108. The van der Waals surface area contributed by atoms with Gasteiger partial charge in [-0.1, -0.05) is 17.4 Å². The lowest BCUT2D eigenvalue weighted by atomic mass is 10.2. The van der Waals surface area contributed by atoms with Gasteiger partial charge in [0.05, 0.1) is 15.5 Å². The summed E-state index contributed by atoms with van der Waals surface area (Å²) in [6.45, 7) is 3.48. The van der Waals surface area contributed by atoms with Gasteiger partial charge in [0.15, 0.2) is 0 Å². The van der Waals surface area contributed by atoms with Crippen molar-refractivity contribution in [2.45, 2.75) is 6.54 Å². The quantitative estimate of drug-likeness (QED) is 0.519. The molecule has 26 heavy (non-hydrogen) atoms. The van der Waals surface area contributed by atoms with Gasteiger partial charge in [-0.2, -0.15) is 0 Å². The molecule has 4 rings (SSSR count). The first kappa shape index (κ1) is 16.7. The van der Waals surface area contributed by atoms with Gasteiger partial charge in [-0.3, -0.25) is 19.8 Å². The number of nitro groups is 1. The molecule has 1 aliphatic heterocycles. The maximum absolute atomic E-state index is 12.5. The molecule has 0 radical (unpaired) electrons. The number of hydrogen-bond acceptors (Lipinski definition) is 6. The Labute approximate surface area is 153 Å². The van der Waals surface area contributed by atoms with Crippen LogP contribution >= 0.6 is 11.3 Å². The minimum Gasteiger partial charge on any atom is -0.335 e. The number of rotatable bonds is 4. The van der Waals surface area contributed by atoms with Gasteiger partial charge in [-0.25, -0.2) is 4.98 Å². The summed E-state index contributed by atoms with van der Waals surface area (Å²) >= 11 is 0.932. The van der Waals surface area contributed by atoms with Crippen molar-refractivity contribution in [2.75, 3.05) is 26.2 Å². The van der Waals surface area contributed by atoms with E-state index in [2.05, 4.69) is 9.88 Å². The molecule has 4 heterocycles. The average molecular weight is 371 g/mol. The van der Waals surface area contributed by atoms with E-state index in [4.69, 9.17) is 0 Å². The van der Waals surface area contributed by atoms with E-state index in [9.17, 15) is 14.9 Å². The molecule has 0 unspecified atom stereocenters. The topological polar surface area (TPSA) is 84.0 Å². The van der Waals surface area contributed by atoms with Gasteiger partial charge < -0.3 is 9.30 Å². The van der Waals surface area contributed by atoms with Crippen LogP contribution < -0.4 is 0 Å². The average Bonchev–Trinajstić information content (AvgIpc) is 3.28. The third-order valence-corrected chi connectivity index (χ3v) is 5.47. The number of aromatic nitrogens is 2. The SMILES string of the molecule is O=C(c1ccc([N+](=O)[O-])s1)N1CCN(Cc2cn3ccccc3n2)CC1. The Morgan fingerprint density at radius 2 is 2.00 bits per heavy atom. The Hall–Kier alpha value is -2.78. The normalized spacial score (nSPS) is 15.5. The van der Waals surface area contributed by atoms with Crippen molar-refractivity contribution in [2.24, 2.45) is 0 Å². The fourth-order valence-electron chi connectivity index (χ4n) is 3.10. The van der Waals surface area contributed by atoms with Gasteiger partial charge in [-0.15, -0.1) is 0 Å². The summed E-state index contributed by atoms with van der Waals surface area (Å²) in [6, 6.07) is 8.83. The van der Waals surface area contributed by atoms with E-state index in [1.807, 2.05) is 35.0 Å². The number of pyridine rings is 1. The number of piperazine rings is 1. The predicted molar refractivity (Wildman–Crippen MR) is 97.3 cm³/mol. The molecule has 8 nitrogen and oxygen atoms in total. The maximum Gasteiger partial charge on any atom is 0.324 e. The van der Waals surface area contributed by atoms with Crippen LogP contribution in [0.2, 0.25) is 0 Å². The fourth-order valence-corrected chi connectivity index (χ4v) is 3.89. The summed E-state index contributed by atoms with van der Waals surface area (Å²) in [4.78, 5) is 31.9. The van der Waals surface area contributed by atoms with Crippen LogP contribution in [0.5, 0.6) is 0 Å². The van der Waals surface area contributed by atoms with Crippen molar-refractivity contribution in [3.8, 4) is 0 Å². The molecule has 0 aromatic carbocycles. The minimum atomic E-state index is -0.464. The van der Waals surface area contributed by atoms with Crippen molar-refractivity contribution in [1.29, 1.82) is 0 Å². The molecule has 1 aliphatic rings. The first-order valence-corrected chi connectivity index (χ1v) is 9.10. The zero-order valence-corrected chi connectivity index (χ0v) is 14.8. The van der Waals surface area contributed by atoms with E-state index in [0.717, 1.165) is 42.3 Å². The van der Waals surface area contributed by atoms with Crippen molar-refractivity contribution in [3.63, 3.8) is 0 Å². The molecule has 0 bridgehead atoms. The Morgan fingerprint density at radius 1 is 1.19 bits per heavy atom. The third kappa shape index (κ3) is 3.31. The highest BCUT2D eigenvalue weighted by Crippen LogP contribution is 2.25. The second-order valence-electron chi connectivity index (χ2n) is 6.16. The Balaban J connectivity index is 1.35. The number of fused-ring (bicyclic) bond motifs is 1. The lowest BCUT2D eigenvalue weighted by Crippen LogP contribution is -2.48. The number of carbonyl (C=O) groups excluding carboxylic acids is 1. The second-order valence-corrected chi connectivity index (χ2v) is 7.22. The summed E-state index contributed by atoms with van der Waals surface area (Å²) in [6.07, 6.45) is 4.00. The van der Waals surface area contributed by atoms with Crippen LogP contribution in [0, 0.1) is 10.1 Å². The molecule has 0 aliphatic carbocycles. The molecule has 134 valence electrons. The van der Waals surface area contributed by atoms with Crippen LogP contribution in [0.1, 0.15) is 15.4 Å². The molecular weight excluding hydrogens is 354 g/mol. The standard InChI is InChI=1S/C17H17N5O3S/c23-17(14-4-5-16(26-14)22(24)25)20-9-7-19(8-10-20)11-13-12-21-6-2-1-3-15(21)18-13/h1-6,12H,7-11H2. The van der Waals surface area contributed by atoms with Crippen LogP contribution in [0.15, 0.2) is 42.7 Å². The van der Waals surface area contributed by atoms with Gasteiger partial charge in [-0.05, 0) is 18.2 Å². The molecule has 0 saturated carbocycles. The number of hydrogen-bond donors (Lipinski definition) is 0. The van der Waals surface area contributed by atoms with E-state index in [-0.39, 0.29) is 10.9 Å². The summed E-state index contributed by atoms with van der Waals surface area (Å²) in [5.74, 6) is -0.129. The highest BCUT2D eigenvalue weighted by molar-refractivity contribution is 7.17. The van der Waals surface area contributed by atoms with Gasteiger partial charge in [0.25, 0.3) is 5.91 Å². The molecule has 3 aromatic heterocycles. The highest BCUT2D eigenvalue weighted by atomic mass is 32.1. The van der Waals surface area contributed by atoms with Gasteiger partial charge in [0.2, 0.25) is 0 Å². The monoisotopic (exact) mass is 371 g/mol. The Morgan fingerprint density at radius 3 is 2.69 bits per heavy atom. The number of thiophene rings is 1.